The van der Waals surface area contributed by atoms with Gasteiger partial charge in [-0.15, -0.1) is 0 Å². The highest BCUT2D eigenvalue weighted by Crippen LogP contribution is 2.28. The summed E-state index contributed by atoms with van der Waals surface area (Å²) >= 11 is 0. The Kier molecular flexibility index (Phi) is 2.67. The zero-order valence-corrected chi connectivity index (χ0v) is 10.4. The molecule has 2 nitrogen and oxygen atoms in total. The molecule has 94 valence electrons. The maximum absolute atomic E-state index is 13.4. The molecule has 2 aromatic rings. The standard InChI is InChI=1S/C16H12FNO/c1-18-15-10-13(17)9-8-12(15)7-6-11-4-2-3-5-14(11)16(18)19/h2-10H,1H3. The Balaban J connectivity index is 2.25. The largest absolute Gasteiger partial charge is 0.311 e. The molecule has 0 aromatic heterocycles. The first-order valence-electron chi connectivity index (χ1n) is 6.01. The van der Waals surface area contributed by atoms with Gasteiger partial charge < -0.3 is 4.90 Å². The van der Waals surface area contributed by atoms with Crippen LogP contribution in [0.2, 0.25) is 0 Å². The smallest absolute Gasteiger partial charge is 0.258 e. The van der Waals surface area contributed by atoms with E-state index in [1.807, 2.05) is 30.4 Å². The van der Waals surface area contributed by atoms with Gasteiger partial charge in [-0.1, -0.05) is 30.4 Å². The molecule has 19 heavy (non-hydrogen) atoms. The summed E-state index contributed by atoms with van der Waals surface area (Å²) in [5.74, 6) is -0.479. The summed E-state index contributed by atoms with van der Waals surface area (Å²) in [6, 6.07) is 11.9. The fourth-order valence-electron chi connectivity index (χ4n) is 2.25. The summed E-state index contributed by atoms with van der Waals surface area (Å²) in [5.41, 5.74) is 2.90. The Hall–Kier alpha value is -2.42. The Morgan fingerprint density at radius 3 is 2.58 bits per heavy atom. The minimum Gasteiger partial charge on any atom is -0.311 e. The van der Waals surface area contributed by atoms with Crippen molar-refractivity contribution in [3.63, 3.8) is 0 Å². The highest BCUT2D eigenvalue weighted by Gasteiger charge is 2.20. The normalized spacial score (nSPS) is 13.6. The lowest BCUT2D eigenvalue weighted by molar-refractivity contribution is 0.0992. The SMILES string of the molecule is CN1C(=O)c2ccccc2C=Cc2ccc(F)cc21. The number of carbonyl (C=O) groups excluding carboxylic acids is 1. The van der Waals surface area contributed by atoms with E-state index in [1.165, 1.54) is 17.0 Å². The molecule has 0 fully saturated rings. The average Bonchev–Trinajstić information content (AvgIpc) is 2.43. The third-order valence-electron chi connectivity index (χ3n) is 3.29. The van der Waals surface area contributed by atoms with E-state index >= 15 is 0 Å². The Morgan fingerprint density at radius 1 is 1.00 bits per heavy atom. The first-order valence-corrected chi connectivity index (χ1v) is 6.01. The van der Waals surface area contributed by atoms with E-state index in [4.69, 9.17) is 0 Å². The highest BCUT2D eigenvalue weighted by molar-refractivity contribution is 6.10. The number of anilines is 1. The van der Waals surface area contributed by atoms with E-state index in [0.29, 0.717) is 11.3 Å². The molecule has 1 aliphatic heterocycles. The second-order valence-electron chi connectivity index (χ2n) is 4.49. The van der Waals surface area contributed by atoms with E-state index < -0.39 is 0 Å². The molecule has 3 heteroatoms. The number of hydrogen-bond acceptors (Lipinski definition) is 1. The van der Waals surface area contributed by atoms with Crippen molar-refractivity contribution >= 4 is 23.7 Å². The molecular weight excluding hydrogens is 241 g/mol. The van der Waals surface area contributed by atoms with Gasteiger partial charge in [0.1, 0.15) is 5.82 Å². The van der Waals surface area contributed by atoms with Gasteiger partial charge in [0.05, 0.1) is 5.69 Å². The van der Waals surface area contributed by atoms with E-state index in [-0.39, 0.29) is 11.7 Å². The molecule has 0 saturated heterocycles. The van der Waals surface area contributed by atoms with Crippen LogP contribution in [0.5, 0.6) is 0 Å². The Morgan fingerprint density at radius 2 is 1.74 bits per heavy atom. The second-order valence-corrected chi connectivity index (χ2v) is 4.49. The van der Waals surface area contributed by atoms with Gasteiger partial charge in [-0.25, -0.2) is 4.39 Å². The minimum atomic E-state index is -0.347. The fraction of sp³-hybridized carbons (Fsp3) is 0.0625. The Labute approximate surface area is 110 Å². The molecule has 1 aliphatic rings. The molecule has 0 saturated carbocycles. The Bertz CT molecular complexity index is 691. The average molecular weight is 253 g/mol. The molecule has 0 atom stereocenters. The van der Waals surface area contributed by atoms with Gasteiger partial charge in [0.2, 0.25) is 0 Å². The molecular formula is C16H12FNO. The summed E-state index contributed by atoms with van der Waals surface area (Å²) in [5, 5.41) is 0. The van der Waals surface area contributed by atoms with Gasteiger partial charge in [-0.05, 0) is 35.4 Å². The van der Waals surface area contributed by atoms with Gasteiger partial charge in [0.25, 0.3) is 5.91 Å². The van der Waals surface area contributed by atoms with Crippen molar-refractivity contribution in [2.75, 3.05) is 11.9 Å². The predicted octanol–water partition coefficient (Wildman–Crippen LogP) is 3.59. The summed E-state index contributed by atoms with van der Waals surface area (Å²) in [7, 11) is 1.66. The lowest BCUT2D eigenvalue weighted by atomic mass is 10.0. The summed E-state index contributed by atoms with van der Waals surface area (Å²) in [6.45, 7) is 0. The molecule has 3 rings (SSSR count). The van der Waals surface area contributed by atoms with Gasteiger partial charge in [0, 0.05) is 12.6 Å². The van der Waals surface area contributed by atoms with Crippen molar-refractivity contribution in [1.29, 1.82) is 0 Å². The molecule has 1 heterocycles. The maximum atomic E-state index is 13.4. The van der Waals surface area contributed by atoms with E-state index in [0.717, 1.165) is 11.1 Å². The summed E-state index contributed by atoms with van der Waals surface area (Å²) < 4.78 is 13.4. The number of benzene rings is 2. The summed E-state index contributed by atoms with van der Waals surface area (Å²) in [4.78, 5) is 13.9. The van der Waals surface area contributed by atoms with Crippen molar-refractivity contribution in [2.24, 2.45) is 0 Å². The number of halogens is 1. The number of nitrogens with zero attached hydrogens (tertiary/aromatic N) is 1. The summed E-state index contributed by atoms with van der Waals surface area (Å²) in [6.07, 6.45) is 3.79. The van der Waals surface area contributed by atoms with Crippen LogP contribution in [0.4, 0.5) is 10.1 Å². The van der Waals surface area contributed by atoms with Crippen LogP contribution < -0.4 is 4.90 Å². The highest BCUT2D eigenvalue weighted by atomic mass is 19.1. The van der Waals surface area contributed by atoms with Crippen LogP contribution in [0.15, 0.2) is 42.5 Å². The van der Waals surface area contributed by atoms with Crippen molar-refractivity contribution in [1.82, 2.24) is 0 Å². The van der Waals surface area contributed by atoms with Crippen LogP contribution in [0.25, 0.3) is 12.2 Å². The molecule has 0 radical (unpaired) electrons. The number of carbonyl (C=O) groups is 1. The van der Waals surface area contributed by atoms with Gasteiger partial charge in [0.15, 0.2) is 0 Å². The molecule has 0 aliphatic carbocycles. The van der Waals surface area contributed by atoms with Crippen molar-refractivity contribution in [2.45, 2.75) is 0 Å². The maximum Gasteiger partial charge on any atom is 0.258 e. The fourth-order valence-corrected chi connectivity index (χ4v) is 2.25. The molecule has 0 bridgehead atoms. The first kappa shape index (κ1) is 11.7. The number of amides is 1. The number of fused-ring (bicyclic) bond motifs is 2. The van der Waals surface area contributed by atoms with E-state index in [2.05, 4.69) is 0 Å². The van der Waals surface area contributed by atoms with Crippen LogP contribution in [0.3, 0.4) is 0 Å². The van der Waals surface area contributed by atoms with Crippen LogP contribution in [0, 0.1) is 5.82 Å². The van der Waals surface area contributed by atoms with Crippen LogP contribution >= 0.6 is 0 Å². The number of rotatable bonds is 0. The zero-order valence-electron chi connectivity index (χ0n) is 10.4. The lowest BCUT2D eigenvalue weighted by Crippen LogP contribution is -2.28. The topological polar surface area (TPSA) is 20.3 Å². The molecule has 0 unspecified atom stereocenters. The molecule has 1 amide bonds. The van der Waals surface area contributed by atoms with Crippen molar-refractivity contribution < 1.29 is 9.18 Å². The van der Waals surface area contributed by atoms with Crippen LogP contribution in [-0.2, 0) is 0 Å². The van der Waals surface area contributed by atoms with Crippen LogP contribution in [-0.4, -0.2) is 13.0 Å². The van der Waals surface area contributed by atoms with Gasteiger partial charge in [-0.3, -0.25) is 4.79 Å². The van der Waals surface area contributed by atoms with Crippen LogP contribution in [0.1, 0.15) is 21.5 Å². The van der Waals surface area contributed by atoms with Gasteiger partial charge in [-0.2, -0.15) is 0 Å². The second kappa shape index (κ2) is 4.35. The van der Waals surface area contributed by atoms with Crippen molar-refractivity contribution in [3.8, 4) is 0 Å². The quantitative estimate of drug-likeness (QED) is 0.702. The van der Waals surface area contributed by atoms with Gasteiger partial charge >= 0.3 is 0 Å². The third kappa shape index (κ3) is 1.93. The minimum absolute atomic E-state index is 0.133. The molecule has 0 N–H and O–H groups in total. The molecule has 0 spiro atoms. The van der Waals surface area contributed by atoms with E-state index in [1.54, 1.807) is 19.2 Å². The molecule has 2 aromatic carbocycles. The number of hydrogen-bond donors (Lipinski definition) is 0. The third-order valence-corrected chi connectivity index (χ3v) is 3.29. The predicted molar refractivity (Wildman–Crippen MR) is 74.5 cm³/mol. The van der Waals surface area contributed by atoms with Crippen molar-refractivity contribution in [3.05, 3.63) is 65.0 Å². The zero-order chi connectivity index (χ0) is 13.4. The van der Waals surface area contributed by atoms with E-state index in [9.17, 15) is 9.18 Å². The monoisotopic (exact) mass is 253 g/mol. The first-order chi connectivity index (χ1) is 9.16. The lowest BCUT2D eigenvalue weighted by Gasteiger charge is -2.22.